The molecule has 0 bridgehead atoms. The summed E-state index contributed by atoms with van der Waals surface area (Å²) in [5.41, 5.74) is 5.28. The molecule has 0 N–H and O–H groups in total. The molecule has 5 rings (SSSR count). The first-order chi connectivity index (χ1) is 17.3. The highest BCUT2D eigenvalue weighted by atomic mass is 35.5. The minimum Gasteiger partial charge on any atom is -0.332 e. The molecule has 1 saturated heterocycles. The molecule has 2 aliphatic heterocycles. The van der Waals surface area contributed by atoms with Crippen LogP contribution in [0.3, 0.4) is 0 Å². The SMILES string of the molecule is CC(C)=CCN(CC=C(C)C)Cc1noc(-c2ncn3c2[C@@H]2CCCN2C(=O)c2c(Cl)cccc2-3)n1. The van der Waals surface area contributed by atoms with E-state index < -0.39 is 0 Å². The molecule has 1 aromatic carbocycles. The number of amides is 1. The summed E-state index contributed by atoms with van der Waals surface area (Å²) < 4.78 is 7.69. The molecule has 2 aromatic heterocycles. The second-order valence-electron chi connectivity index (χ2n) is 9.91. The van der Waals surface area contributed by atoms with E-state index in [2.05, 4.69) is 54.9 Å². The Morgan fingerprint density at radius 3 is 2.67 bits per heavy atom. The number of hydrogen-bond acceptors (Lipinski definition) is 6. The molecule has 188 valence electrons. The summed E-state index contributed by atoms with van der Waals surface area (Å²) in [6.45, 7) is 11.2. The Bertz CT molecular complexity index is 1330. The fourth-order valence-corrected chi connectivity index (χ4v) is 5.09. The highest BCUT2D eigenvalue weighted by molar-refractivity contribution is 6.34. The Labute approximate surface area is 216 Å². The van der Waals surface area contributed by atoms with Gasteiger partial charge in [-0.05, 0) is 52.7 Å². The average Bonchev–Trinajstić information content (AvgIpc) is 3.57. The largest absolute Gasteiger partial charge is 0.332 e. The van der Waals surface area contributed by atoms with E-state index in [0.717, 1.165) is 37.3 Å². The van der Waals surface area contributed by atoms with Crippen LogP contribution in [0, 0.1) is 0 Å². The predicted molar refractivity (Wildman–Crippen MR) is 139 cm³/mol. The lowest BCUT2D eigenvalue weighted by Crippen LogP contribution is -2.29. The molecule has 1 amide bonds. The molecule has 1 atom stereocenters. The molecule has 0 radical (unpaired) electrons. The third-order valence-electron chi connectivity index (χ3n) is 6.65. The summed E-state index contributed by atoms with van der Waals surface area (Å²) in [4.78, 5) is 27.0. The first-order valence-corrected chi connectivity index (χ1v) is 12.7. The van der Waals surface area contributed by atoms with Crippen LogP contribution in [0.2, 0.25) is 5.02 Å². The Morgan fingerprint density at radius 2 is 1.94 bits per heavy atom. The van der Waals surface area contributed by atoms with E-state index in [1.165, 1.54) is 11.1 Å². The second kappa shape index (κ2) is 10.0. The number of imidazole rings is 1. The van der Waals surface area contributed by atoms with Gasteiger partial charge in [-0.3, -0.25) is 14.3 Å². The van der Waals surface area contributed by atoms with Crippen molar-refractivity contribution in [1.82, 2.24) is 29.5 Å². The molecule has 0 spiro atoms. The molecule has 2 aliphatic rings. The maximum absolute atomic E-state index is 13.4. The van der Waals surface area contributed by atoms with E-state index in [1.807, 2.05) is 21.6 Å². The van der Waals surface area contributed by atoms with Crippen molar-refractivity contribution in [2.24, 2.45) is 0 Å². The van der Waals surface area contributed by atoms with E-state index in [-0.39, 0.29) is 11.9 Å². The van der Waals surface area contributed by atoms with Crippen molar-refractivity contribution in [3.05, 3.63) is 69.9 Å². The molecule has 36 heavy (non-hydrogen) atoms. The Kier molecular flexibility index (Phi) is 6.81. The van der Waals surface area contributed by atoms with Gasteiger partial charge in [0.1, 0.15) is 6.33 Å². The predicted octanol–water partition coefficient (Wildman–Crippen LogP) is 5.60. The van der Waals surface area contributed by atoms with E-state index in [0.29, 0.717) is 41.1 Å². The van der Waals surface area contributed by atoms with Gasteiger partial charge in [-0.15, -0.1) is 0 Å². The summed E-state index contributed by atoms with van der Waals surface area (Å²) in [6.07, 6.45) is 7.89. The third-order valence-corrected chi connectivity index (χ3v) is 6.96. The van der Waals surface area contributed by atoms with Gasteiger partial charge >= 0.3 is 0 Å². The number of fused-ring (bicyclic) bond motifs is 5. The van der Waals surface area contributed by atoms with Crippen LogP contribution in [0.4, 0.5) is 0 Å². The van der Waals surface area contributed by atoms with Gasteiger partial charge in [0.15, 0.2) is 11.5 Å². The highest BCUT2D eigenvalue weighted by Gasteiger charge is 2.40. The van der Waals surface area contributed by atoms with Gasteiger partial charge in [-0.2, -0.15) is 4.98 Å². The van der Waals surface area contributed by atoms with Crippen LogP contribution in [-0.4, -0.2) is 55.0 Å². The van der Waals surface area contributed by atoms with Crippen molar-refractivity contribution in [2.45, 2.75) is 53.1 Å². The van der Waals surface area contributed by atoms with Crippen molar-refractivity contribution >= 4 is 17.5 Å². The van der Waals surface area contributed by atoms with E-state index >= 15 is 0 Å². The lowest BCUT2D eigenvalue weighted by Gasteiger charge is -2.22. The number of benzene rings is 1. The maximum atomic E-state index is 13.4. The first-order valence-electron chi connectivity index (χ1n) is 12.3. The molecule has 8 nitrogen and oxygen atoms in total. The monoisotopic (exact) mass is 506 g/mol. The zero-order chi connectivity index (χ0) is 25.4. The molecule has 0 unspecified atom stereocenters. The van der Waals surface area contributed by atoms with Crippen LogP contribution in [0.1, 0.15) is 68.5 Å². The van der Waals surface area contributed by atoms with Gasteiger partial charge in [0.25, 0.3) is 11.8 Å². The van der Waals surface area contributed by atoms with Crippen LogP contribution in [0.15, 0.2) is 52.3 Å². The van der Waals surface area contributed by atoms with Crippen molar-refractivity contribution in [1.29, 1.82) is 0 Å². The Balaban J connectivity index is 1.50. The smallest absolute Gasteiger partial charge is 0.278 e. The van der Waals surface area contributed by atoms with Gasteiger partial charge in [0, 0.05) is 19.6 Å². The van der Waals surface area contributed by atoms with Gasteiger partial charge in [0.05, 0.1) is 34.6 Å². The zero-order valence-electron chi connectivity index (χ0n) is 21.2. The molecule has 4 heterocycles. The number of hydrogen-bond donors (Lipinski definition) is 0. The third kappa shape index (κ3) is 4.63. The molecule has 0 aliphatic carbocycles. The maximum Gasteiger partial charge on any atom is 0.278 e. The molecule has 1 fully saturated rings. The van der Waals surface area contributed by atoms with Gasteiger partial charge < -0.3 is 9.42 Å². The molecular weight excluding hydrogens is 476 g/mol. The molecular formula is C27H31ClN6O2. The van der Waals surface area contributed by atoms with Crippen LogP contribution in [0.25, 0.3) is 17.3 Å². The summed E-state index contributed by atoms with van der Waals surface area (Å²) >= 11 is 6.50. The molecule has 3 aromatic rings. The minimum atomic E-state index is -0.124. The van der Waals surface area contributed by atoms with Crippen LogP contribution >= 0.6 is 11.6 Å². The lowest BCUT2D eigenvalue weighted by molar-refractivity contribution is 0.0739. The number of carbonyl (C=O) groups excluding carboxylic acids is 1. The topological polar surface area (TPSA) is 80.3 Å². The standard InChI is InChI=1S/C27H31ClN6O2/c1-17(2)10-13-32(14-11-18(3)4)15-22-30-26(36-31-22)24-25-21-9-6-12-33(21)27(35)23-19(28)7-5-8-20(23)34(25)16-29-24/h5,7-8,10-11,16,21H,6,9,12-15H2,1-4H3/t21-/m0/s1. The van der Waals surface area contributed by atoms with E-state index in [9.17, 15) is 4.79 Å². The number of rotatable bonds is 7. The summed E-state index contributed by atoms with van der Waals surface area (Å²) in [5.74, 6) is 0.925. The Morgan fingerprint density at radius 1 is 1.19 bits per heavy atom. The quantitative estimate of drug-likeness (QED) is 0.388. The zero-order valence-corrected chi connectivity index (χ0v) is 21.9. The average molecular weight is 507 g/mol. The number of halogens is 1. The highest BCUT2D eigenvalue weighted by Crippen LogP contribution is 2.43. The van der Waals surface area contributed by atoms with Crippen LogP contribution in [-0.2, 0) is 6.54 Å². The summed E-state index contributed by atoms with van der Waals surface area (Å²) in [7, 11) is 0. The fraction of sp³-hybridized carbons (Fsp3) is 0.407. The first kappa shape index (κ1) is 24.5. The Hall–Kier alpha value is -3.23. The van der Waals surface area contributed by atoms with Gasteiger partial charge in [-0.1, -0.05) is 46.1 Å². The fourth-order valence-electron chi connectivity index (χ4n) is 4.84. The lowest BCUT2D eigenvalue weighted by atomic mass is 10.1. The number of aromatic nitrogens is 4. The van der Waals surface area contributed by atoms with Gasteiger partial charge in [0.2, 0.25) is 0 Å². The summed E-state index contributed by atoms with van der Waals surface area (Å²) in [5, 5.41) is 4.72. The second-order valence-corrected chi connectivity index (χ2v) is 10.3. The van der Waals surface area contributed by atoms with E-state index in [1.54, 1.807) is 12.4 Å². The number of carbonyl (C=O) groups is 1. The van der Waals surface area contributed by atoms with Crippen molar-refractivity contribution in [3.63, 3.8) is 0 Å². The van der Waals surface area contributed by atoms with Gasteiger partial charge in [-0.25, -0.2) is 4.98 Å². The summed E-state index contributed by atoms with van der Waals surface area (Å²) in [6, 6.07) is 5.39. The molecule has 9 heteroatoms. The van der Waals surface area contributed by atoms with Crippen molar-refractivity contribution in [3.8, 4) is 17.3 Å². The normalized spacial score (nSPS) is 16.4. The number of allylic oxidation sites excluding steroid dienone is 2. The van der Waals surface area contributed by atoms with Crippen molar-refractivity contribution in [2.75, 3.05) is 19.6 Å². The van der Waals surface area contributed by atoms with E-state index in [4.69, 9.17) is 21.1 Å². The minimum absolute atomic E-state index is 0.0480. The van der Waals surface area contributed by atoms with Crippen LogP contribution < -0.4 is 0 Å². The van der Waals surface area contributed by atoms with Crippen LogP contribution in [0.5, 0.6) is 0 Å². The number of nitrogens with zero attached hydrogens (tertiary/aromatic N) is 6. The molecule has 0 saturated carbocycles. The van der Waals surface area contributed by atoms with Crippen molar-refractivity contribution < 1.29 is 9.32 Å².